The number of nitrogens with one attached hydrogen (secondary N) is 2. The summed E-state index contributed by atoms with van der Waals surface area (Å²) in [5.41, 5.74) is 0.0000833. The molecule has 0 amide bonds. The Bertz CT molecular complexity index is 449. The SMILES string of the molecule is CCCn1ccnc(NC2CCC(NC)CC2)c1=O. The zero-order valence-corrected chi connectivity index (χ0v) is 11.9. The van der Waals surface area contributed by atoms with Crippen LogP contribution in [-0.2, 0) is 6.54 Å². The molecule has 1 aliphatic carbocycles. The molecule has 106 valence electrons. The number of nitrogens with zero attached hydrogens (tertiary/aromatic N) is 2. The summed E-state index contributed by atoms with van der Waals surface area (Å²) < 4.78 is 1.73. The van der Waals surface area contributed by atoms with Gasteiger partial charge in [-0.3, -0.25) is 4.79 Å². The Hall–Kier alpha value is -1.36. The van der Waals surface area contributed by atoms with Gasteiger partial charge < -0.3 is 15.2 Å². The van der Waals surface area contributed by atoms with Crippen molar-refractivity contribution in [3.8, 4) is 0 Å². The lowest BCUT2D eigenvalue weighted by molar-refractivity contribution is 0.370. The van der Waals surface area contributed by atoms with Crippen LogP contribution in [0.1, 0.15) is 39.0 Å². The lowest BCUT2D eigenvalue weighted by Gasteiger charge is -2.29. The number of rotatable bonds is 5. The second-order valence-corrected chi connectivity index (χ2v) is 5.26. The fourth-order valence-electron chi connectivity index (χ4n) is 2.68. The Labute approximate surface area is 114 Å². The molecule has 0 aromatic carbocycles. The van der Waals surface area contributed by atoms with Crippen molar-refractivity contribution in [1.82, 2.24) is 14.9 Å². The van der Waals surface area contributed by atoms with E-state index in [0.29, 0.717) is 17.9 Å². The maximum Gasteiger partial charge on any atom is 0.293 e. The zero-order chi connectivity index (χ0) is 13.7. The molecular weight excluding hydrogens is 240 g/mol. The Morgan fingerprint density at radius 3 is 2.63 bits per heavy atom. The third kappa shape index (κ3) is 3.56. The molecule has 1 heterocycles. The predicted molar refractivity (Wildman–Crippen MR) is 77.5 cm³/mol. The summed E-state index contributed by atoms with van der Waals surface area (Å²) in [5.74, 6) is 0.504. The van der Waals surface area contributed by atoms with Crippen LogP contribution in [0.25, 0.3) is 0 Å². The molecule has 1 aromatic heterocycles. The third-order valence-corrected chi connectivity index (χ3v) is 3.85. The van der Waals surface area contributed by atoms with Gasteiger partial charge in [0.2, 0.25) is 0 Å². The zero-order valence-electron chi connectivity index (χ0n) is 11.9. The first-order valence-corrected chi connectivity index (χ1v) is 7.23. The van der Waals surface area contributed by atoms with Gasteiger partial charge in [-0.05, 0) is 39.2 Å². The Balaban J connectivity index is 2.00. The van der Waals surface area contributed by atoms with Crippen molar-refractivity contribution in [1.29, 1.82) is 0 Å². The second kappa shape index (κ2) is 6.70. The molecule has 1 aromatic rings. The van der Waals surface area contributed by atoms with E-state index in [9.17, 15) is 4.79 Å². The van der Waals surface area contributed by atoms with E-state index in [1.54, 1.807) is 17.0 Å². The fourth-order valence-corrected chi connectivity index (χ4v) is 2.68. The van der Waals surface area contributed by atoms with Crippen molar-refractivity contribution in [3.05, 3.63) is 22.7 Å². The van der Waals surface area contributed by atoms with E-state index in [4.69, 9.17) is 0 Å². The summed E-state index contributed by atoms with van der Waals surface area (Å²) >= 11 is 0. The minimum absolute atomic E-state index is 0.0000833. The summed E-state index contributed by atoms with van der Waals surface area (Å²) in [6.45, 7) is 2.82. The molecule has 1 fully saturated rings. The van der Waals surface area contributed by atoms with Crippen molar-refractivity contribution >= 4 is 5.82 Å². The quantitative estimate of drug-likeness (QED) is 0.848. The van der Waals surface area contributed by atoms with E-state index in [0.717, 1.165) is 38.6 Å². The molecule has 2 N–H and O–H groups in total. The Morgan fingerprint density at radius 2 is 2.00 bits per heavy atom. The first-order chi connectivity index (χ1) is 9.24. The van der Waals surface area contributed by atoms with Gasteiger partial charge in [0, 0.05) is 31.0 Å². The standard InChI is InChI=1S/C14H24N4O/c1-3-9-18-10-8-16-13(14(18)19)17-12-6-4-11(15-2)5-7-12/h8,10-12,15H,3-7,9H2,1-2H3,(H,16,17). The molecule has 0 atom stereocenters. The maximum absolute atomic E-state index is 12.2. The van der Waals surface area contributed by atoms with Crippen LogP contribution in [0.2, 0.25) is 0 Å². The molecule has 0 spiro atoms. The Morgan fingerprint density at radius 1 is 1.32 bits per heavy atom. The highest BCUT2D eigenvalue weighted by Gasteiger charge is 2.20. The van der Waals surface area contributed by atoms with Crippen LogP contribution >= 0.6 is 0 Å². The van der Waals surface area contributed by atoms with Crippen LogP contribution in [-0.4, -0.2) is 28.7 Å². The molecule has 0 saturated heterocycles. The number of hydrogen-bond acceptors (Lipinski definition) is 4. The van der Waals surface area contributed by atoms with E-state index in [2.05, 4.69) is 22.5 Å². The smallest absolute Gasteiger partial charge is 0.293 e. The molecule has 1 aliphatic rings. The molecule has 5 nitrogen and oxygen atoms in total. The highest BCUT2D eigenvalue weighted by atomic mass is 16.1. The van der Waals surface area contributed by atoms with Crippen molar-refractivity contribution in [3.63, 3.8) is 0 Å². The topological polar surface area (TPSA) is 59.0 Å². The average molecular weight is 264 g/mol. The van der Waals surface area contributed by atoms with E-state index in [1.165, 1.54) is 0 Å². The van der Waals surface area contributed by atoms with Crippen LogP contribution < -0.4 is 16.2 Å². The van der Waals surface area contributed by atoms with Gasteiger partial charge in [0.1, 0.15) is 0 Å². The monoisotopic (exact) mass is 264 g/mol. The molecule has 0 aliphatic heterocycles. The van der Waals surface area contributed by atoms with E-state index < -0.39 is 0 Å². The first-order valence-electron chi connectivity index (χ1n) is 7.23. The largest absolute Gasteiger partial charge is 0.363 e. The second-order valence-electron chi connectivity index (χ2n) is 5.26. The van der Waals surface area contributed by atoms with Crippen molar-refractivity contribution in [2.75, 3.05) is 12.4 Å². The van der Waals surface area contributed by atoms with E-state index >= 15 is 0 Å². The number of aromatic nitrogens is 2. The van der Waals surface area contributed by atoms with Gasteiger partial charge in [0.25, 0.3) is 5.56 Å². The van der Waals surface area contributed by atoms with Crippen molar-refractivity contribution in [2.45, 2.75) is 57.7 Å². The summed E-state index contributed by atoms with van der Waals surface area (Å²) in [4.78, 5) is 16.4. The first kappa shape index (κ1) is 14.1. The van der Waals surface area contributed by atoms with E-state index in [-0.39, 0.29) is 5.56 Å². The lowest BCUT2D eigenvalue weighted by Crippen LogP contribution is -2.36. The summed E-state index contributed by atoms with van der Waals surface area (Å²) in [6.07, 6.45) is 8.92. The van der Waals surface area contributed by atoms with Crippen LogP contribution in [0.3, 0.4) is 0 Å². The summed E-state index contributed by atoms with van der Waals surface area (Å²) in [7, 11) is 2.01. The predicted octanol–water partition coefficient (Wildman–Crippen LogP) is 1.60. The average Bonchev–Trinajstić information content (AvgIpc) is 2.44. The van der Waals surface area contributed by atoms with Gasteiger partial charge in [-0.2, -0.15) is 0 Å². The van der Waals surface area contributed by atoms with Gasteiger partial charge in [-0.15, -0.1) is 0 Å². The minimum atomic E-state index is 0.0000833. The van der Waals surface area contributed by atoms with Crippen LogP contribution in [0, 0.1) is 0 Å². The van der Waals surface area contributed by atoms with E-state index in [1.807, 2.05) is 7.05 Å². The van der Waals surface area contributed by atoms with Crippen LogP contribution in [0.15, 0.2) is 17.2 Å². The van der Waals surface area contributed by atoms with Gasteiger partial charge in [-0.25, -0.2) is 4.98 Å². The number of aryl methyl sites for hydroxylation is 1. The lowest BCUT2D eigenvalue weighted by atomic mass is 9.91. The highest BCUT2D eigenvalue weighted by molar-refractivity contribution is 5.32. The molecule has 19 heavy (non-hydrogen) atoms. The molecular formula is C14H24N4O. The van der Waals surface area contributed by atoms with Crippen LogP contribution in [0.5, 0.6) is 0 Å². The molecule has 2 rings (SSSR count). The Kier molecular flexibility index (Phi) is 4.96. The fraction of sp³-hybridized carbons (Fsp3) is 0.714. The van der Waals surface area contributed by atoms with Gasteiger partial charge >= 0.3 is 0 Å². The van der Waals surface area contributed by atoms with Gasteiger partial charge in [-0.1, -0.05) is 6.92 Å². The summed E-state index contributed by atoms with van der Waals surface area (Å²) in [6, 6.07) is 1.00. The van der Waals surface area contributed by atoms with Gasteiger partial charge in [0.15, 0.2) is 5.82 Å². The van der Waals surface area contributed by atoms with Crippen molar-refractivity contribution in [2.24, 2.45) is 0 Å². The normalized spacial score (nSPS) is 23.3. The summed E-state index contributed by atoms with van der Waals surface area (Å²) in [5, 5.41) is 6.64. The van der Waals surface area contributed by atoms with Crippen LogP contribution in [0.4, 0.5) is 5.82 Å². The van der Waals surface area contributed by atoms with Crippen molar-refractivity contribution < 1.29 is 0 Å². The molecule has 5 heteroatoms. The molecule has 1 saturated carbocycles. The number of hydrogen-bond donors (Lipinski definition) is 2. The minimum Gasteiger partial charge on any atom is -0.363 e. The molecule has 0 radical (unpaired) electrons. The highest BCUT2D eigenvalue weighted by Crippen LogP contribution is 2.20. The van der Waals surface area contributed by atoms with Gasteiger partial charge in [0.05, 0.1) is 0 Å². The third-order valence-electron chi connectivity index (χ3n) is 3.85. The number of anilines is 1. The molecule has 0 unspecified atom stereocenters. The maximum atomic E-state index is 12.2. The molecule has 0 bridgehead atoms.